The highest BCUT2D eigenvalue weighted by atomic mass is 16.4. The summed E-state index contributed by atoms with van der Waals surface area (Å²) in [6.45, 7) is 1.33. The summed E-state index contributed by atoms with van der Waals surface area (Å²) in [5.74, 6) is -1.62. The zero-order valence-corrected chi connectivity index (χ0v) is 13.2. The van der Waals surface area contributed by atoms with Gasteiger partial charge >= 0.3 is 5.97 Å². The Labute approximate surface area is 133 Å². The van der Waals surface area contributed by atoms with E-state index in [0.29, 0.717) is 12.8 Å². The van der Waals surface area contributed by atoms with Crippen molar-refractivity contribution in [3.8, 4) is 0 Å². The van der Waals surface area contributed by atoms with Crippen molar-refractivity contribution < 1.29 is 19.8 Å². The van der Waals surface area contributed by atoms with E-state index in [1.165, 1.54) is 6.92 Å². The van der Waals surface area contributed by atoms with Gasteiger partial charge in [-0.2, -0.15) is 0 Å². The molecule has 0 aliphatic heterocycles. The van der Waals surface area contributed by atoms with Crippen LogP contribution in [-0.2, 0) is 23.1 Å². The number of carboxylic acids is 1. The average molecular weight is 319 g/mol. The van der Waals surface area contributed by atoms with Crippen molar-refractivity contribution in [2.75, 3.05) is 0 Å². The number of rotatable bonds is 7. The van der Waals surface area contributed by atoms with Crippen molar-refractivity contribution in [1.82, 2.24) is 14.9 Å². The molecule has 23 heavy (non-hydrogen) atoms. The molecule has 0 aliphatic rings. The van der Waals surface area contributed by atoms with Gasteiger partial charge in [0.05, 0.1) is 23.5 Å². The number of aliphatic hydroxyl groups excluding tert-OH is 1. The second kappa shape index (κ2) is 7.23. The van der Waals surface area contributed by atoms with E-state index >= 15 is 0 Å². The first kappa shape index (κ1) is 17.0. The van der Waals surface area contributed by atoms with Crippen molar-refractivity contribution in [2.45, 2.75) is 38.3 Å². The number of aliphatic carboxylic acids is 1. The third-order valence-corrected chi connectivity index (χ3v) is 3.72. The molecule has 7 nitrogen and oxygen atoms in total. The highest BCUT2D eigenvalue weighted by molar-refractivity contribution is 5.84. The molecule has 1 amide bonds. The van der Waals surface area contributed by atoms with E-state index < -0.39 is 18.1 Å². The van der Waals surface area contributed by atoms with Crippen LogP contribution < -0.4 is 5.32 Å². The second-order valence-electron chi connectivity index (χ2n) is 5.66. The minimum atomic E-state index is -1.27. The summed E-state index contributed by atoms with van der Waals surface area (Å²) in [4.78, 5) is 27.0. The molecule has 1 aromatic carbocycles. The van der Waals surface area contributed by atoms with Gasteiger partial charge in [-0.3, -0.25) is 4.79 Å². The topological polar surface area (TPSA) is 104 Å². The first-order valence-corrected chi connectivity index (χ1v) is 7.48. The Hall–Kier alpha value is -2.41. The number of carbonyl (C=O) groups excluding carboxylic acids is 1. The lowest BCUT2D eigenvalue weighted by atomic mass is 10.1. The largest absolute Gasteiger partial charge is 0.480 e. The van der Waals surface area contributed by atoms with Gasteiger partial charge in [-0.25, -0.2) is 9.78 Å². The maximum absolute atomic E-state index is 11.8. The average Bonchev–Trinajstić information content (AvgIpc) is 2.85. The number of hydrogen-bond acceptors (Lipinski definition) is 4. The molecule has 2 atom stereocenters. The summed E-state index contributed by atoms with van der Waals surface area (Å²) in [5, 5.41) is 20.6. The number of aliphatic hydroxyl groups is 1. The Morgan fingerprint density at radius 1 is 1.39 bits per heavy atom. The monoisotopic (exact) mass is 319 g/mol. The van der Waals surface area contributed by atoms with Crippen LogP contribution in [0.3, 0.4) is 0 Å². The molecular weight excluding hydrogens is 298 g/mol. The molecule has 124 valence electrons. The van der Waals surface area contributed by atoms with Crippen LogP contribution in [-0.4, -0.2) is 43.8 Å². The van der Waals surface area contributed by atoms with Crippen LogP contribution in [0.4, 0.5) is 0 Å². The Morgan fingerprint density at radius 3 is 2.78 bits per heavy atom. The summed E-state index contributed by atoms with van der Waals surface area (Å²) < 4.78 is 1.94. The Kier molecular flexibility index (Phi) is 5.33. The minimum Gasteiger partial charge on any atom is -0.480 e. The van der Waals surface area contributed by atoms with E-state index in [0.717, 1.165) is 16.6 Å². The van der Waals surface area contributed by atoms with Gasteiger partial charge in [-0.05, 0) is 37.5 Å². The fraction of sp³-hybridized carbons (Fsp3) is 0.438. The molecule has 2 rings (SSSR count). The van der Waals surface area contributed by atoms with Crippen LogP contribution in [0.15, 0.2) is 24.5 Å². The normalized spacial score (nSPS) is 13.7. The molecule has 0 saturated carbocycles. The molecule has 2 unspecified atom stereocenters. The highest BCUT2D eigenvalue weighted by Crippen LogP contribution is 2.15. The van der Waals surface area contributed by atoms with Crippen LogP contribution >= 0.6 is 0 Å². The second-order valence-corrected chi connectivity index (χ2v) is 5.66. The molecule has 7 heteroatoms. The summed E-state index contributed by atoms with van der Waals surface area (Å²) in [6.07, 6.45) is 2.12. The zero-order valence-electron chi connectivity index (χ0n) is 13.2. The van der Waals surface area contributed by atoms with Crippen molar-refractivity contribution in [1.29, 1.82) is 0 Å². The molecule has 0 radical (unpaired) electrons. The van der Waals surface area contributed by atoms with E-state index in [2.05, 4.69) is 10.3 Å². The van der Waals surface area contributed by atoms with Gasteiger partial charge in [0.25, 0.3) is 0 Å². The Balaban J connectivity index is 1.85. The van der Waals surface area contributed by atoms with Gasteiger partial charge < -0.3 is 20.1 Å². The number of carbonyl (C=O) groups is 2. The number of hydrogen-bond donors (Lipinski definition) is 3. The van der Waals surface area contributed by atoms with E-state index in [1.54, 1.807) is 6.33 Å². The first-order chi connectivity index (χ1) is 10.9. The van der Waals surface area contributed by atoms with Crippen molar-refractivity contribution in [3.05, 3.63) is 30.1 Å². The van der Waals surface area contributed by atoms with Crippen LogP contribution in [0.25, 0.3) is 11.0 Å². The van der Waals surface area contributed by atoms with Crippen molar-refractivity contribution >= 4 is 22.9 Å². The van der Waals surface area contributed by atoms with Crippen LogP contribution in [0, 0.1) is 0 Å². The molecule has 0 saturated heterocycles. The molecule has 0 fully saturated rings. The number of aryl methyl sites for hydroxylation is 2. The summed E-state index contributed by atoms with van der Waals surface area (Å²) in [6, 6.07) is 4.71. The lowest BCUT2D eigenvalue weighted by molar-refractivity contribution is -0.144. The summed E-state index contributed by atoms with van der Waals surface area (Å²) in [7, 11) is 1.93. The Morgan fingerprint density at radius 2 is 2.13 bits per heavy atom. The number of amides is 1. The van der Waals surface area contributed by atoms with E-state index in [-0.39, 0.29) is 12.3 Å². The third kappa shape index (κ3) is 4.29. The number of benzene rings is 1. The lowest BCUT2D eigenvalue weighted by Crippen LogP contribution is -2.47. The van der Waals surface area contributed by atoms with E-state index in [9.17, 15) is 14.7 Å². The van der Waals surface area contributed by atoms with E-state index in [1.807, 2.05) is 29.8 Å². The fourth-order valence-corrected chi connectivity index (χ4v) is 2.42. The molecule has 1 heterocycles. The number of nitrogens with one attached hydrogen (secondary N) is 1. The fourth-order valence-electron chi connectivity index (χ4n) is 2.42. The van der Waals surface area contributed by atoms with Crippen molar-refractivity contribution in [3.63, 3.8) is 0 Å². The zero-order chi connectivity index (χ0) is 17.0. The minimum absolute atomic E-state index is 0.205. The molecule has 2 aromatic rings. The van der Waals surface area contributed by atoms with Gasteiger partial charge in [-0.15, -0.1) is 0 Å². The third-order valence-electron chi connectivity index (χ3n) is 3.72. The molecule has 0 spiro atoms. The summed E-state index contributed by atoms with van der Waals surface area (Å²) in [5.41, 5.74) is 3.04. The van der Waals surface area contributed by atoms with Gasteiger partial charge in [0, 0.05) is 13.5 Å². The summed E-state index contributed by atoms with van der Waals surface area (Å²) >= 11 is 0. The van der Waals surface area contributed by atoms with Crippen LogP contribution in [0.2, 0.25) is 0 Å². The van der Waals surface area contributed by atoms with Gasteiger partial charge in [0.15, 0.2) is 6.04 Å². The quantitative estimate of drug-likeness (QED) is 0.702. The number of aromatic nitrogens is 2. The van der Waals surface area contributed by atoms with Gasteiger partial charge in [0.1, 0.15) is 0 Å². The van der Waals surface area contributed by atoms with Crippen molar-refractivity contribution in [2.24, 2.45) is 7.05 Å². The molecule has 0 bridgehead atoms. The van der Waals surface area contributed by atoms with Crippen LogP contribution in [0.1, 0.15) is 25.3 Å². The number of fused-ring (bicyclic) bond motifs is 1. The number of carboxylic acid groups (broad SMARTS) is 1. The van der Waals surface area contributed by atoms with E-state index in [4.69, 9.17) is 5.11 Å². The lowest BCUT2D eigenvalue weighted by Gasteiger charge is -2.16. The van der Waals surface area contributed by atoms with Gasteiger partial charge in [0.2, 0.25) is 5.91 Å². The van der Waals surface area contributed by atoms with Gasteiger partial charge in [-0.1, -0.05) is 6.07 Å². The first-order valence-electron chi connectivity index (χ1n) is 7.48. The molecule has 0 aliphatic carbocycles. The molecule has 1 aromatic heterocycles. The predicted molar refractivity (Wildman–Crippen MR) is 84.9 cm³/mol. The SMILES string of the molecule is CC(O)C(NC(=O)CCCc1ccc2c(c1)ncn2C)C(=O)O. The maximum Gasteiger partial charge on any atom is 0.328 e. The standard InChI is InChI=1S/C16H21N3O4/c1-10(20)15(16(22)23)18-14(21)5-3-4-11-6-7-13-12(8-11)17-9-19(13)2/h6-10,15,20H,3-5H2,1-2H3,(H,18,21)(H,22,23). The number of imidazole rings is 1. The maximum atomic E-state index is 11.8. The smallest absolute Gasteiger partial charge is 0.328 e. The predicted octanol–water partition coefficient (Wildman–Crippen LogP) is 0.846. The highest BCUT2D eigenvalue weighted by Gasteiger charge is 2.24. The Bertz CT molecular complexity index is 708. The molecular formula is C16H21N3O4. The molecule has 3 N–H and O–H groups in total. The number of nitrogens with zero attached hydrogens (tertiary/aromatic N) is 2. The van der Waals surface area contributed by atoms with Crippen LogP contribution in [0.5, 0.6) is 0 Å².